The Morgan fingerprint density at radius 2 is 1.95 bits per heavy atom. The maximum atomic E-state index is 12.5. The third-order valence-corrected chi connectivity index (χ3v) is 4.37. The number of rotatable bonds is 3. The van der Waals surface area contributed by atoms with E-state index in [-0.39, 0.29) is 5.78 Å². The number of carbonyl (C=O) groups excluding carboxylic acids is 3. The van der Waals surface area contributed by atoms with Crippen LogP contribution in [0.15, 0.2) is 12.7 Å². The molecule has 0 spiro atoms. The summed E-state index contributed by atoms with van der Waals surface area (Å²) in [5, 5.41) is 0. The Labute approximate surface area is 129 Å². The molecule has 0 radical (unpaired) electrons. The van der Waals surface area contributed by atoms with Crippen LogP contribution in [0.25, 0.3) is 0 Å². The van der Waals surface area contributed by atoms with Crippen LogP contribution in [0.3, 0.4) is 0 Å². The summed E-state index contributed by atoms with van der Waals surface area (Å²) < 4.78 is 15.9. The van der Waals surface area contributed by atoms with Gasteiger partial charge in [0.2, 0.25) is 12.6 Å². The number of Topliss-reactive ketones (excluding diaryl/α,β-unsaturated/α-hetero) is 1. The van der Waals surface area contributed by atoms with Gasteiger partial charge in [-0.05, 0) is 12.8 Å². The number of esters is 2. The minimum atomic E-state index is -1.04. The molecular weight excluding hydrogens is 288 g/mol. The van der Waals surface area contributed by atoms with Gasteiger partial charge in [-0.25, -0.2) is 0 Å². The van der Waals surface area contributed by atoms with Crippen LogP contribution in [0.5, 0.6) is 0 Å². The highest BCUT2D eigenvalue weighted by Crippen LogP contribution is 2.49. The molecule has 2 rings (SSSR count). The number of carbonyl (C=O) groups is 3. The summed E-state index contributed by atoms with van der Waals surface area (Å²) in [6.07, 6.45) is 3.01. The molecule has 0 aromatic heterocycles. The lowest BCUT2D eigenvalue weighted by Crippen LogP contribution is -2.52. The van der Waals surface area contributed by atoms with Gasteiger partial charge in [-0.15, -0.1) is 6.58 Å². The van der Waals surface area contributed by atoms with Gasteiger partial charge in [0.25, 0.3) is 0 Å². The zero-order valence-corrected chi connectivity index (χ0v) is 13.0. The molecule has 122 valence electrons. The van der Waals surface area contributed by atoms with Crippen molar-refractivity contribution in [3.63, 3.8) is 0 Å². The number of hydrogen-bond donors (Lipinski definition) is 0. The molecule has 1 heterocycles. The van der Waals surface area contributed by atoms with Gasteiger partial charge < -0.3 is 14.2 Å². The third-order valence-electron chi connectivity index (χ3n) is 4.37. The summed E-state index contributed by atoms with van der Waals surface area (Å²) in [5.41, 5.74) is -0.577. The topological polar surface area (TPSA) is 78.9 Å². The summed E-state index contributed by atoms with van der Waals surface area (Å²) in [7, 11) is 0. The quantitative estimate of drug-likeness (QED) is 0.587. The standard InChI is InChI=1S/C16H22O6/c1-4-16-8-6-5-7-12(19)14(16)15(21-11(3)18)22-13(9-16)20-10(2)17/h4,13-15H,1,5-9H2,2-3H3/t13-,14-,15-,16+/m1/s1. The van der Waals surface area contributed by atoms with E-state index in [2.05, 4.69) is 6.58 Å². The molecule has 22 heavy (non-hydrogen) atoms. The first kappa shape index (κ1) is 16.7. The van der Waals surface area contributed by atoms with Crippen LogP contribution in [0, 0.1) is 11.3 Å². The van der Waals surface area contributed by atoms with Crippen molar-refractivity contribution in [2.24, 2.45) is 11.3 Å². The summed E-state index contributed by atoms with van der Waals surface area (Å²) in [6.45, 7) is 6.42. The van der Waals surface area contributed by atoms with Gasteiger partial charge in [-0.2, -0.15) is 0 Å². The fraction of sp³-hybridized carbons (Fsp3) is 0.688. The number of ketones is 1. The van der Waals surface area contributed by atoms with Gasteiger partial charge in [0.1, 0.15) is 5.78 Å². The largest absolute Gasteiger partial charge is 0.436 e. The van der Waals surface area contributed by atoms with Gasteiger partial charge in [-0.3, -0.25) is 14.4 Å². The van der Waals surface area contributed by atoms with Gasteiger partial charge in [-0.1, -0.05) is 12.5 Å². The Hall–Kier alpha value is -1.69. The van der Waals surface area contributed by atoms with E-state index in [4.69, 9.17) is 14.2 Å². The molecule has 0 N–H and O–H groups in total. The van der Waals surface area contributed by atoms with E-state index in [0.29, 0.717) is 12.8 Å². The highest BCUT2D eigenvalue weighted by atomic mass is 16.8. The van der Waals surface area contributed by atoms with E-state index in [9.17, 15) is 14.4 Å². The molecule has 0 bridgehead atoms. The van der Waals surface area contributed by atoms with Crippen molar-refractivity contribution in [1.29, 1.82) is 0 Å². The van der Waals surface area contributed by atoms with Gasteiger partial charge in [0, 0.05) is 32.1 Å². The van der Waals surface area contributed by atoms with Crippen molar-refractivity contribution in [3.05, 3.63) is 12.7 Å². The Morgan fingerprint density at radius 1 is 1.27 bits per heavy atom. The first-order valence-electron chi connectivity index (χ1n) is 7.54. The molecule has 2 fully saturated rings. The molecular formula is C16H22O6. The average Bonchev–Trinajstić information content (AvgIpc) is 2.57. The minimum Gasteiger partial charge on any atom is -0.436 e. The van der Waals surface area contributed by atoms with Crippen LogP contribution in [0.4, 0.5) is 0 Å². The van der Waals surface area contributed by atoms with Gasteiger partial charge >= 0.3 is 11.9 Å². The molecule has 0 aromatic rings. The summed E-state index contributed by atoms with van der Waals surface area (Å²) in [6, 6.07) is 0. The number of hydrogen-bond acceptors (Lipinski definition) is 6. The molecule has 2 aliphatic rings. The van der Waals surface area contributed by atoms with Crippen LogP contribution >= 0.6 is 0 Å². The maximum absolute atomic E-state index is 12.5. The monoisotopic (exact) mass is 310 g/mol. The fourth-order valence-electron chi connectivity index (χ4n) is 3.45. The van der Waals surface area contributed by atoms with E-state index < -0.39 is 35.9 Å². The number of ether oxygens (including phenoxy) is 3. The first-order valence-corrected chi connectivity index (χ1v) is 7.54. The molecule has 1 aliphatic heterocycles. The Bertz CT molecular complexity index is 485. The average molecular weight is 310 g/mol. The van der Waals surface area contributed by atoms with E-state index in [1.54, 1.807) is 6.08 Å². The molecule has 6 heteroatoms. The first-order chi connectivity index (χ1) is 10.4. The lowest BCUT2D eigenvalue weighted by molar-refractivity contribution is -0.287. The van der Waals surface area contributed by atoms with Crippen LogP contribution in [-0.4, -0.2) is 30.3 Å². The Morgan fingerprint density at radius 3 is 2.55 bits per heavy atom. The molecule has 0 aromatic carbocycles. The molecule has 1 saturated carbocycles. The zero-order valence-electron chi connectivity index (χ0n) is 13.0. The molecule has 0 amide bonds. The molecule has 1 aliphatic carbocycles. The van der Waals surface area contributed by atoms with E-state index in [1.165, 1.54) is 13.8 Å². The predicted octanol–water partition coefficient (Wildman–Crippen LogP) is 2.12. The summed E-state index contributed by atoms with van der Waals surface area (Å²) in [4.78, 5) is 35.1. The van der Waals surface area contributed by atoms with Gasteiger partial charge in [0.15, 0.2) is 0 Å². The lowest BCUT2D eigenvalue weighted by atomic mass is 9.67. The lowest BCUT2D eigenvalue weighted by Gasteiger charge is -2.46. The van der Waals surface area contributed by atoms with Gasteiger partial charge in [0.05, 0.1) is 5.92 Å². The molecule has 1 saturated heterocycles. The molecule has 0 unspecified atom stereocenters. The molecule has 6 nitrogen and oxygen atoms in total. The fourth-order valence-corrected chi connectivity index (χ4v) is 3.45. The maximum Gasteiger partial charge on any atom is 0.304 e. The second-order valence-electron chi connectivity index (χ2n) is 5.95. The summed E-state index contributed by atoms with van der Waals surface area (Å²) in [5.74, 6) is -1.61. The third kappa shape index (κ3) is 3.38. The highest BCUT2D eigenvalue weighted by Gasteiger charge is 2.54. The Balaban J connectivity index is 2.36. The normalized spacial score (nSPS) is 35.0. The Kier molecular flexibility index (Phi) is 5.01. The second kappa shape index (κ2) is 6.60. The van der Waals surface area contributed by atoms with Crippen LogP contribution < -0.4 is 0 Å². The van der Waals surface area contributed by atoms with Crippen LogP contribution in [-0.2, 0) is 28.6 Å². The summed E-state index contributed by atoms with van der Waals surface area (Å²) >= 11 is 0. The van der Waals surface area contributed by atoms with Crippen molar-refractivity contribution < 1.29 is 28.6 Å². The van der Waals surface area contributed by atoms with E-state index >= 15 is 0 Å². The minimum absolute atomic E-state index is 0.00456. The predicted molar refractivity (Wildman–Crippen MR) is 76.4 cm³/mol. The highest BCUT2D eigenvalue weighted by molar-refractivity contribution is 5.83. The van der Waals surface area contributed by atoms with Crippen molar-refractivity contribution >= 4 is 17.7 Å². The number of fused-ring (bicyclic) bond motifs is 1. The van der Waals surface area contributed by atoms with Crippen LogP contribution in [0.1, 0.15) is 46.0 Å². The zero-order chi connectivity index (χ0) is 16.3. The second-order valence-corrected chi connectivity index (χ2v) is 5.95. The van der Waals surface area contributed by atoms with Crippen molar-refractivity contribution in [3.8, 4) is 0 Å². The SMILES string of the molecule is C=C[C@@]12CCCCC(=O)[C@@H]1[C@H](OC(C)=O)O[C@@H](OC(C)=O)C2. The van der Waals surface area contributed by atoms with E-state index in [0.717, 1.165) is 19.3 Å². The van der Waals surface area contributed by atoms with Crippen LogP contribution in [0.2, 0.25) is 0 Å². The van der Waals surface area contributed by atoms with Crippen molar-refractivity contribution in [1.82, 2.24) is 0 Å². The number of allylic oxidation sites excluding steroid dienone is 1. The molecule has 4 atom stereocenters. The smallest absolute Gasteiger partial charge is 0.304 e. The van der Waals surface area contributed by atoms with Crippen molar-refractivity contribution in [2.75, 3.05) is 0 Å². The van der Waals surface area contributed by atoms with E-state index in [1.807, 2.05) is 0 Å². The van der Waals surface area contributed by atoms with Crippen molar-refractivity contribution in [2.45, 2.75) is 58.5 Å².